The Morgan fingerprint density at radius 3 is 3.04 bits per heavy atom. The van der Waals surface area contributed by atoms with E-state index in [1.54, 1.807) is 6.33 Å². The molecule has 23 heavy (non-hydrogen) atoms. The molecule has 118 valence electrons. The highest BCUT2D eigenvalue weighted by atomic mass is 79.9. The minimum Gasteiger partial charge on any atom is -0.332 e. The topological polar surface area (TPSA) is 46.1 Å². The van der Waals surface area contributed by atoms with Gasteiger partial charge in [0, 0.05) is 35.1 Å². The number of rotatable bonds is 3. The van der Waals surface area contributed by atoms with Gasteiger partial charge >= 0.3 is 0 Å². The minimum atomic E-state index is 0.177. The standard InChI is InChI=1S/C18H18BrN3O/c19-15-4-2-1-3-12(15)5-8-18(23)22-13-6-7-17(22)14-10-20-11-21-16(14)9-13/h1-4,10-11,13,17H,5-9H2. The first-order valence-electron chi connectivity index (χ1n) is 8.07. The van der Waals surface area contributed by atoms with Gasteiger partial charge in [-0.2, -0.15) is 0 Å². The molecule has 1 fully saturated rings. The second kappa shape index (κ2) is 6.04. The highest BCUT2D eigenvalue weighted by Crippen LogP contribution is 2.43. The lowest BCUT2D eigenvalue weighted by molar-refractivity contribution is -0.134. The first-order chi connectivity index (χ1) is 11.2. The lowest BCUT2D eigenvalue weighted by atomic mass is 9.98. The molecule has 3 heterocycles. The summed E-state index contributed by atoms with van der Waals surface area (Å²) in [5.41, 5.74) is 3.46. The molecule has 1 saturated heterocycles. The third-order valence-corrected chi connectivity index (χ3v) is 5.75. The molecule has 0 spiro atoms. The second-order valence-corrected chi connectivity index (χ2v) is 7.12. The first-order valence-corrected chi connectivity index (χ1v) is 8.86. The number of hydrogen-bond donors (Lipinski definition) is 0. The van der Waals surface area contributed by atoms with Crippen LogP contribution >= 0.6 is 15.9 Å². The summed E-state index contributed by atoms with van der Waals surface area (Å²) in [4.78, 5) is 23.5. The normalized spacial score (nSPS) is 22.0. The summed E-state index contributed by atoms with van der Waals surface area (Å²) in [6.07, 6.45) is 7.81. The van der Waals surface area contributed by atoms with Gasteiger partial charge in [0.25, 0.3) is 0 Å². The monoisotopic (exact) mass is 371 g/mol. The molecule has 2 aliphatic rings. The maximum atomic E-state index is 12.8. The third kappa shape index (κ3) is 2.67. The lowest BCUT2D eigenvalue weighted by Gasteiger charge is -2.35. The molecule has 5 heteroatoms. The molecule has 4 nitrogen and oxygen atoms in total. The van der Waals surface area contributed by atoms with Crippen molar-refractivity contribution >= 4 is 21.8 Å². The fourth-order valence-electron chi connectivity index (χ4n) is 3.88. The molecule has 1 aromatic carbocycles. The maximum Gasteiger partial charge on any atom is 0.223 e. The van der Waals surface area contributed by atoms with Crippen LogP contribution in [0, 0.1) is 0 Å². The summed E-state index contributed by atoms with van der Waals surface area (Å²) in [5.74, 6) is 0.253. The SMILES string of the molecule is O=C(CCc1ccccc1Br)N1C2CCC1c1cncnc1C2. The average molecular weight is 372 g/mol. The van der Waals surface area contributed by atoms with Crippen LogP contribution in [0.2, 0.25) is 0 Å². The van der Waals surface area contributed by atoms with E-state index in [1.165, 1.54) is 5.56 Å². The van der Waals surface area contributed by atoms with Gasteiger partial charge in [-0.25, -0.2) is 9.97 Å². The number of aryl methyl sites for hydroxylation is 1. The largest absolute Gasteiger partial charge is 0.332 e. The molecule has 0 aliphatic carbocycles. The van der Waals surface area contributed by atoms with Crippen LogP contribution in [-0.2, 0) is 17.6 Å². The Bertz CT molecular complexity index is 749. The summed E-state index contributed by atoms with van der Waals surface area (Å²) < 4.78 is 1.08. The van der Waals surface area contributed by atoms with Gasteiger partial charge in [0.05, 0.1) is 11.7 Å². The Morgan fingerprint density at radius 1 is 1.30 bits per heavy atom. The van der Waals surface area contributed by atoms with E-state index in [0.29, 0.717) is 12.5 Å². The van der Waals surface area contributed by atoms with Crippen molar-refractivity contribution in [2.75, 3.05) is 0 Å². The van der Waals surface area contributed by atoms with Crippen LogP contribution in [0.3, 0.4) is 0 Å². The zero-order valence-electron chi connectivity index (χ0n) is 12.8. The average Bonchev–Trinajstić information content (AvgIpc) is 2.89. The van der Waals surface area contributed by atoms with E-state index in [-0.39, 0.29) is 11.9 Å². The molecule has 2 atom stereocenters. The van der Waals surface area contributed by atoms with Gasteiger partial charge in [0.2, 0.25) is 5.91 Å². The molecule has 2 bridgehead atoms. The Hall–Kier alpha value is -1.75. The van der Waals surface area contributed by atoms with Crippen LogP contribution < -0.4 is 0 Å². The molecule has 0 N–H and O–H groups in total. The van der Waals surface area contributed by atoms with E-state index in [1.807, 2.05) is 24.4 Å². The van der Waals surface area contributed by atoms with E-state index < -0.39 is 0 Å². The maximum absolute atomic E-state index is 12.8. The predicted octanol–water partition coefficient (Wildman–Crippen LogP) is 3.46. The van der Waals surface area contributed by atoms with Crippen molar-refractivity contribution in [1.82, 2.24) is 14.9 Å². The highest BCUT2D eigenvalue weighted by molar-refractivity contribution is 9.10. The van der Waals surface area contributed by atoms with Crippen LogP contribution in [0.1, 0.15) is 42.1 Å². The number of fused-ring (bicyclic) bond motifs is 4. The third-order valence-electron chi connectivity index (χ3n) is 4.97. The lowest BCUT2D eigenvalue weighted by Crippen LogP contribution is -2.42. The molecule has 4 rings (SSSR count). The Kier molecular flexibility index (Phi) is 3.89. The van der Waals surface area contributed by atoms with Gasteiger partial charge in [-0.15, -0.1) is 0 Å². The Morgan fingerprint density at radius 2 is 2.17 bits per heavy atom. The van der Waals surface area contributed by atoms with E-state index in [2.05, 4.69) is 36.9 Å². The molecule has 1 aromatic heterocycles. The molecule has 0 radical (unpaired) electrons. The van der Waals surface area contributed by atoms with Crippen molar-refractivity contribution in [2.24, 2.45) is 0 Å². The first kappa shape index (κ1) is 14.8. The summed E-state index contributed by atoms with van der Waals surface area (Å²) in [6.45, 7) is 0. The van der Waals surface area contributed by atoms with Crippen LogP contribution in [0.4, 0.5) is 0 Å². The molecule has 2 aliphatic heterocycles. The molecule has 0 saturated carbocycles. The van der Waals surface area contributed by atoms with Gasteiger partial charge in [0.15, 0.2) is 0 Å². The fraction of sp³-hybridized carbons (Fsp3) is 0.389. The number of halogens is 1. The summed E-state index contributed by atoms with van der Waals surface area (Å²) in [5, 5.41) is 0. The van der Waals surface area contributed by atoms with E-state index in [0.717, 1.165) is 41.4 Å². The van der Waals surface area contributed by atoms with Gasteiger partial charge in [-0.1, -0.05) is 34.1 Å². The number of carbonyl (C=O) groups excluding carboxylic acids is 1. The quantitative estimate of drug-likeness (QED) is 0.829. The van der Waals surface area contributed by atoms with Crippen LogP contribution in [0.5, 0.6) is 0 Å². The zero-order chi connectivity index (χ0) is 15.8. The van der Waals surface area contributed by atoms with Gasteiger partial charge in [-0.05, 0) is 30.9 Å². The molecular formula is C18H18BrN3O. The molecular weight excluding hydrogens is 354 g/mol. The minimum absolute atomic E-state index is 0.177. The predicted molar refractivity (Wildman–Crippen MR) is 90.8 cm³/mol. The van der Waals surface area contributed by atoms with Crippen molar-refractivity contribution in [3.8, 4) is 0 Å². The summed E-state index contributed by atoms with van der Waals surface area (Å²) in [6, 6.07) is 8.61. The summed E-state index contributed by atoms with van der Waals surface area (Å²) in [7, 11) is 0. The molecule has 1 amide bonds. The Balaban J connectivity index is 1.51. The highest BCUT2D eigenvalue weighted by Gasteiger charge is 2.42. The van der Waals surface area contributed by atoms with Crippen molar-refractivity contribution in [2.45, 2.75) is 44.2 Å². The number of hydrogen-bond acceptors (Lipinski definition) is 3. The second-order valence-electron chi connectivity index (χ2n) is 6.27. The van der Waals surface area contributed by atoms with E-state index in [9.17, 15) is 4.79 Å². The van der Waals surface area contributed by atoms with Gasteiger partial charge < -0.3 is 4.90 Å². The van der Waals surface area contributed by atoms with Crippen LogP contribution in [0.15, 0.2) is 41.3 Å². The van der Waals surface area contributed by atoms with Crippen LogP contribution in [0.25, 0.3) is 0 Å². The smallest absolute Gasteiger partial charge is 0.223 e. The number of carbonyl (C=O) groups is 1. The van der Waals surface area contributed by atoms with Gasteiger partial charge in [0.1, 0.15) is 6.33 Å². The van der Waals surface area contributed by atoms with E-state index in [4.69, 9.17) is 0 Å². The number of benzene rings is 1. The van der Waals surface area contributed by atoms with Gasteiger partial charge in [-0.3, -0.25) is 4.79 Å². The molecule has 2 unspecified atom stereocenters. The molecule has 2 aromatic rings. The van der Waals surface area contributed by atoms with Crippen molar-refractivity contribution in [3.63, 3.8) is 0 Å². The number of aromatic nitrogens is 2. The van der Waals surface area contributed by atoms with Crippen molar-refractivity contribution in [1.29, 1.82) is 0 Å². The Labute approximate surface area is 144 Å². The zero-order valence-corrected chi connectivity index (χ0v) is 14.4. The van der Waals surface area contributed by atoms with Crippen molar-refractivity contribution in [3.05, 3.63) is 58.1 Å². The fourth-order valence-corrected chi connectivity index (χ4v) is 4.36. The van der Waals surface area contributed by atoms with Crippen molar-refractivity contribution < 1.29 is 4.79 Å². The number of nitrogens with zero attached hydrogens (tertiary/aromatic N) is 3. The van der Waals surface area contributed by atoms with Crippen LogP contribution in [-0.4, -0.2) is 26.8 Å². The van der Waals surface area contributed by atoms with E-state index >= 15 is 0 Å². The summed E-state index contributed by atoms with van der Waals surface area (Å²) >= 11 is 3.56. The number of amides is 1.